The molecule has 0 heterocycles. The van der Waals surface area contributed by atoms with Crippen LogP contribution in [0.2, 0.25) is 0 Å². The molecular weight excluding hydrogens is 242 g/mol. The van der Waals surface area contributed by atoms with Crippen molar-refractivity contribution in [3.05, 3.63) is 34.9 Å². The summed E-state index contributed by atoms with van der Waals surface area (Å²) in [6.45, 7) is 6.73. The fraction of sp³-hybridized carbons (Fsp3) is 0.684. The molecule has 1 aromatic carbocycles. The summed E-state index contributed by atoms with van der Waals surface area (Å²) in [5.41, 5.74) is 11.1. The van der Waals surface area contributed by atoms with Crippen LogP contribution < -0.4 is 5.73 Å². The highest BCUT2D eigenvalue weighted by atomic mass is 14.7. The molecule has 2 rings (SSSR count). The van der Waals surface area contributed by atoms with E-state index in [-0.39, 0.29) is 5.54 Å². The van der Waals surface area contributed by atoms with E-state index >= 15 is 0 Å². The van der Waals surface area contributed by atoms with Gasteiger partial charge in [-0.05, 0) is 68.6 Å². The molecule has 1 nitrogen and oxygen atoms in total. The lowest BCUT2D eigenvalue weighted by Crippen LogP contribution is -2.45. The Labute approximate surface area is 125 Å². The predicted octanol–water partition coefficient (Wildman–Crippen LogP) is 4.92. The maximum Gasteiger partial charge on any atom is 0.0195 e. The Morgan fingerprint density at radius 3 is 2.30 bits per heavy atom. The lowest BCUT2D eigenvalue weighted by Gasteiger charge is -2.38. The van der Waals surface area contributed by atoms with Crippen molar-refractivity contribution in [2.24, 2.45) is 11.7 Å². The zero-order valence-electron chi connectivity index (χ0n) is 13.5. The van der Waals surface area contributed by atoms with Crippen molar-refractivity contribution in [2.75, 3.05) is 0 Å². The van der Waals surface area contributed by atoms with Crippen LogP contribution in [0.25, 0.3) is 0 Å². The van der Waals surface area contributed by atoms with Gasteiger partial charge in [0.2, 0.25) is 0 Å². The van der Waals surface area contributed by atoms with Crippen LogP contribution >= 0.6 is 0 Å². The highest BCUT2D eigenvalue weighted by Gasteiger charge is 2.32. The summed E-state index contributed by atoms with van der Waals surface area (Å²) in [6.07, 6.45) is 10.3. The van der Waals surface area contributed by atoms with Crippen LogP contribution in [-0.4, -0.2) is 5.54 Å². The molecule has 20 heavy (non-hydrogen) atoms. The van der Waals surface area contributed by atoms with Crippen LogP contribution in [0, 0.1) is 19.8 Å². The Morgan fingerprint density at radius 2 is 1.75 bits per heavy atom. The van der Waals surface area contributed by atoms with Crippen molar-refractivity contribution >= 4 is 0 Å². The number of rotatable bonds is 5. The van der Waals surface area contributed by atoms with Crippen LogP contribution in [0.3, 0.4) is 0 Å². The van der Waals surface area contributed by atoms with Gasteiger partial charge in [0, 0.05) is 5.54 Å². The van der Waals surface area contributed by atoms with Crippen molar-refractivity contribution in [2.45, 2.75) is 77.7 Å². The van der Waals surface area contributed by atoms with Gasteiger partial charge in [-0.3, -0.25) is 0 Å². The molecule has 0 aromatic heterocycles. The molecular formula is C19H31N. The number of hydrogen-bond donors (Lipinski definition) is 1. The first-order chi connectivity index (χ1) is 9.54. The first-order valence-corrected chi connectivity index (χ1v) is 8.38. The SMILES string of the molecule is CCCCC1CCC(N)(Cc2c(C)cccc2C)CC1. The second kappa shape index (κ2) is 6.76. The van der Waals surface area contributed by atoms with E-state index in [0.717, 1.165) is 12.3 Å². The normalized spacial score (nSPS) is 26.7. The Balaban J connectivity index is 1.96. The number of benzene rings is 1. The van der Waals surface area contributed by atoms with E-state index < -0.39 is 0 Å². The molecule has 1 aliphatic carbocycles. The maximum absolute atomic E-state index is 6.72. The van der Waals surface area contributed by atoms with Gasteiger partial charge in [-0.15, -0.1) is 0 Å². The summed E-state index contributed by atoms with van der Waals surface area (Å²) < 4.78 is 0. The van der Waals surface area contributed by atoms with Crippen molar-refractivity contribution in [1.82, 2.24) is 0 Å². The monoisotopic (exact) mass is 273 g/mol. The van der Waals surface area contributed by atoms with Crippen LogP contribution in [0.1, 0.15) is 68.6 Å². The summed E-state index contributed by atoms with van der Waals surface area (Å²) in [4.78, 5) is 0. The lowest BCUT2D eigenvalue weighted by atomic mass is 9.72. The smallest absolute Gasteiger partial charge is 0.0195 e. The maximum atomic E-state index is 6.72. The van der Waals surface area contributed by atoms with Crippen LogP contribution in [0.15, 0.2) is 18.2 Å². The largest absolute Gasteiger partial charge is 0.325 e. The fourth-order valence-corrected chi connectivity index (χ4v) is 3.69. The first kappa shape index (κ1) is 15.6. The minimum absolute atomic E-state index is 0.0413. The standard InChI is InChI=1S/C19H31N/c1-4-5-9-17-10-12-19(20,13-11-17)14-18-15(2)7-6-8-16(18)3/h6-8,17H,4-5,9-14,20H2,1-3H3. The number of unbranched alkanes of at least 4 members (excludes halogenated alkanes) is 1. The highest BCUT2D eigenvalue weighted by Crippen LogP contribution is 2.36. The lowest BCUT2D eigenvalue weighted by molar-refractivity contribution is 0.221. The predicted molar refractivity (Wildman–Crippen MR) is 88.0 cm³/mol. The summed E-state index contributed by atoms with van der Waals surface area (Å²) in [5.74, 6) is 0.935. The Morgan fingerprint density at radius 1 is 1.15 bits per heavy atom. The average Bonchev–Trinajstić information content (AvgIpc) is 2.43. The third-order valence-electron chi connectivity index (χ3n) is 5.24. The molecule has 0 saturated heterocycles. The van der Waals surface area contributed by atoms with Gasteiger partial charge in [0.1, 0.15) is 0 Å². The van der Waals surface area contributed by atoms with Gasteiger partial charge in [-0.25, -0.2) is 0 Å². The highest BCUT2D eigenvalue weighted by molar-refractivity contribution is 5.35. The Kier molecular flexibility index (Phi) is 5.26. The molecule has 1 aliphatic rings. The molecule has 0 amide bonds. The topological polar surface area (TPSA) is 26.0 Å². The van der Waals surface area contributed by atoms with Gasteiger partial charge in [0.15, 0.2) is 0 Å². The number of nitrogens with two attached hydrogens (primary N) is 1. The van der Waals surface area contributed by atoms with Crippen LogP contribution in [0.4, 0.5) is 0 Å². The van der Waals surface area contributed by atoms with Gasteiger partial charge < -0.3 is 5.73 Å². The zero-order valence-corrected chi connectivity index (χ0v) is 13.5. The van der Waals surface area contributed by atoms with Crippen molar-refractivity contribution in [1.29, 1.82) is 0 Å². The third kappa shape index (κ3) is 3.85. The van der Waals surface area contributed by atoms with E-state index in [1.165, 1.54) is 61.6 Å². The van der Waals surface area contributed by atoms with Crippen LogP contribution in [0.5, 0.6) is 0 Å². The molecule has 0 radical (unpaired) electrons. The molecule has 0 spiro atoms. The second-order valence-electron chi connectivity index (χ2n) is 7.00. The molecule has 1 fully saturated rings. The molecule has 1 aromatic rings. The van der Waals surface area contributed by atoms with E-state index in [1.54, 1.807) is 0 Å². The molecule has 0 bridgehead atoms. The minimum atomic E-state index is 0.0413. The van der Waals surface area contributed by atoms with Crippen LogP contribution in [-0.2, 0) is 6.42 Å². The van der Waals surface area contributed by atoms with Gasteiger partial charge in [-0.1, -0.05) is 44.4 Å². The fourth-order valence-electron chi connectivity index (χ4n) is 3.69. The molecule has 0 unspecified atom stereocenters. The van der Waals surface area contributed by atoms with E-state index in [0.29, 0.717) is 0 Å². The molecule has 2 N–H and O–H groups in total. The molecule has 1 saturated carbocycles. The summed E-state index contributed by atoms with van der Waals surface area (Å²) >= 11 is 0. The van der Waals surface area contributed by atoms with E-state index in [4.69, 9.17) is 5.73 Å². The zero-order chi connectivity index (χ0) is 14.6. The summed E-state index contributed by atoms with van der Waals surface area (Å²) in [5, 5.41) is 0. The summed E-state index contributed by atoms with van der Waals surface area (Å²) in [6, 6.07) is 6.59. The Hall–Kier alpha value is -0.820. The minimum Gasteiger partial charge on any atom is -0.325 e. The average molecular weight is 273 g/mol. The number of hydrogen-bond acceptors (Lipinski definition) is 1. The first-order valence-electron chi connectivity index (χ1n) is 8.38. The molecule has 0 aliphatic heterocycles. The molecule has 0 atom stereocenters. The molecule has 112 valence electrons. The van der Waals surface area contributed by atoms with Gasteiger partial charge in [-0.2, -0.15) is 0 Å². The van der Waals surface area contributed by atoms with Crippen molar-refractivity contribution in [3.63, 3.8) is 0 Å². The van der Waals surface area contributed by atoms with Gasteiger partial charge in [0.25, 0.3) is 0 Å². The van der Waals surface area contributed by atoms with E-state index in [1.807, 2.05) is 0 Å². The Bertz CT molecular complexity index is 407. The van der Waals surface area contributed by atoms with Crippen molar-refractivity contribution in [3.8, 4) is 0 Å². The third-order valence-corrected chi connectivity index (χ3v) is 5.24. The number of aryl methyl sites for hydroxylation is 2. The summed E-state index contributed by atoms with van der Waals surface area (Å²) in [7, 11) is 0. The van der Waals surface area contributed by atoms with E-state index in [2.05, 4.69) is 39.0 Å². The van der Waals surface area contributed by atoms with Gasteiger partial charge >= 0.3 is 0 Å². The van der Waals surface area contributed by atoms with Gasteiger partial charge in [0.05, 0.1) is 0 Å². The molecule has 1 heteroatoms. The quantitative estimate of drug-likeness (QED) is 0.809. The second-order valence-corrected chi connectivity index (χ2v) is 7.00. The van der Waals surface area contributed by atoms with E-state index in [9.17, 15) is 0 Å². The van der Waals surface area contributed by atoms with Crippen molar-refractivity contribution < 1.29 is 0 Å².